The van der Waals surface area contributed by atoms with Crippen molar-refractivity contribution >= 4 is 23.4 Å². The maximum atomic E-state index is 13.7. The Balaban J connectivity index is 1.54. The zero-order valence-electron chi connectivity index (χ0n) is 19.6. The van der Waals surface area contributed by atoms with Crippen molar-refractivity contribution < 1.29 is 23.9 Å². The molecule has 0 spiro atoms. The van der Waals surface area contributed by atoms with Crippen LogP contribution in [0.2, 0.25) is 0 Å². The summed E-state index contributed by atoms with van der Waals surface area (Å²) in [7, 11) is 1.65. The lowest BCUT2D eigenvalue weighted by molar-refractivity contribution is -0.134. The van der Waals surface area contributed by atoms with E-state index in [0.29, 0.717) is 11.1 Å². The minimum atomic E-state index is -1.65. The number of nitrogens with zero attached hydrogens (tertiary/aromatic N) is 1. The first-order chi connectivity index (χ1) is 16.7. The van der Waals surface area contributed by atoms with E-state index in [1.807, 2.05) is 36.4 Å². The SMILES string of the molecule is Cc1cc(F)cc([C@H](O)C(=O)N[C@@H](C)C(=O)N[C@@H]2C(=O)N(C)c3ccccc3-c3ccccc32)c1. The second-order valence-corrected chi connectivity index (χ2v) is 8.64. The first-order valence-corrected chi connectivity index (χ1v) is 11.2. The lowest BCUT2D eigenvalue weighted by Gasteiger charge is -2.25. The standard InChI is InChI=1S/C27H26FN3O4/c1-15-12-17(14-18(28)13-15)24(32)26(34)29-16(2)25(33)30-23-21-10-5-4-8-19(21)20-9-6-7-11-22(20)31(3)27(23)35/h4-14,16,23-24,32H,1-3H3,(H,29,34)(H,30,33)/t16-,23-,24-/m0/s1. The number of rotatable bonds is 5. The lowest BCUT2D eigenvalue weighted by Crippen LogP contribution is -2.49. The van der Waals surface area contributed by atoms with Gasteiger partial charge in [0, 0.05) is 12.6 Å². The van der Waals surface area contributed by atoms with Gasteiger partial charge in [0.25, 0.3) is 11.8 Å². The van der Waals surface area contributed by atoms with Gasteiger partial charge in [0.1, 0.15) is 17.9 Å². The highest BCUT2D eigenvalue weighted by molar-refractivity contribution is 6.06. The molecule has 8 heteroatoms. The van der Waals surface area contributed by atoms with Crippen LogP contribution in [0.1, 0.15) is 35.8 Å². The number of carbonyl (C=O) groups is 3. The van der Waals surface area contributed by atoms with E-state index in [0.717, 1.165) is 22.9 Å². The molecule has 0 saturated heterocycles. The summed E-state index contributed by atoms with van der Waals surface area (Å²) < 4.78 is 13.7. The Labute approximate surface area is 202 Å². The minimum Gasteiger partial charge on any atom is -0.378 e. The summed E-state index contributed by atoms with van der Waals surface area (Å²) in [5, 5.41) is 15.5. The number of halogens is 1. The highest BCUT2D eigenvalue weighted by Crippen LogP contribution is 2.39. The summed E-state index contributed by atoms with van der Waals surface area (Å²) >= 11 is 0. The molecule has 0 saturated carbocycles. The molecule has 0 bridgehead atoms. The maximum absolute atomic E-state index is 13.7. The third-order valence-electron chi connectivity index (χ3n) is 6.07. The topological polar surface area (TPSA) is 98.7 Å². The van der Waals surface area contributed by atoms with Gasteiger partial charge < -0.3 is 20.6 Å². The number of hydrogen-bond acceptors (Lipinski definition) is 4. The van der Waals surface area contributed by atoms with Crippen LogP contribution in [0.5, 0.6) is 0 Å². The van der Waals surface area contributed by atoms with Crippen LogP contribution >= 0.6 is 0 Å². The summed E-state index contributed by atoms with van der Waals surface area (Å²) in [6.07, 6.45) is -1.65. The monoisotopic (exact) mass is 475 g/mol. The number of aryl methyl sites for hydroxylation is 1. The summed E-state index contributed by atoms with van der Waals surface area (Å²) in [5.74, 6) is -2.36. The molecular formula is C27H26FN3O4. The molecule has 1 aliphatic heterocycles. The zero-order valence-corrected chi connectivity index (χ0v) is 19.6. The first-order valence-electron chi connectivity index (χ1n) is 11.2. The number of para-hydroxylation sites is 1. The van der Waals surface area contributed by atoms with Gasteiger partial charge in [-0.1, -0.05) is 48.5 Å². The van der Waals surface area contributed by atoms with Crippen molar-refractivity contribution in [2.24, 2.45) is 0 Å². The molecule has 0 unspecified atom stereocenters. The Morgan fingerprint density at radius 2 is 1.66 bits per heavy atom. The third kappa shape index (κ3) is 4.79. The smallest absolute Gasteiger partial charge is 0.254 e. The maximum Gasteiger partial charge on any atom is 0.254 e. The van der Waals surface area contributed by atoms with E-state index in [4.69, 9.17) is 0 Å². The Morgan fingerprint density at radius 1 is 1.00 bits per heavy atom. The van der Waals surface area contributed by atoms with E-state index in [2.05, 4.69) is 10.6 Å². The van der Waals surface area contributed by atoms with Crippen LogP contribution in [-0.2, 0) is 14.4 Å². The van der Waals surface area contributed by atoms with E-state index in [1.54, 1.807) is 26.1 Å². The third-order valence-corrected chi connectivity index (χ3v) is 6.07. The van der Waals surface area contributed by atoms with Gasteiger partial charge in [-0.05, 0) is 54.3 Å². The highest BCUT2D eigenvalue weighted by Gasteiger charge is 2.34. The lowest BCUT2D eigenvalue weighted by atomic mass is 9.95. The zero-order chi connectivity index (χ0) is 25.3. The largest absolute Gasteiger partial charge is 0.378 e. The quantitative estimate of drug-likeness (QED) is 0.528. The number of aliphatic hydroxyl groups is 1. The normalized spacial score (nSPS) is 16.4. The van der Waals surface area contributed by atoms with E-state index in [-0.39, 0.29) is 11.5 Å². The molecule has 3 N–H and O–H groups in total. The summed E-state index contributed by atoms with van der Waals surface area (Å²) in [5.41, 5.74) is 3.67. The number of benzene rings is 3. The molecule has 4 rings (SSSR count). The first kappa shape index (κ1) is 24.1. The number of amides is 3. The van der Waals surface area contributed by atoms with Gasteiger partial charge in [-0.2, -0.15) is 0 Å². The van der Waals surface area contributed by atoms with Gasteiger partial charge in [-0.25, -0.2) is 4.39 Å². The molecule has 3 amide bonds. The van der Waals surface area contributed by atoms with Gasteiger partial charge in [0.2, 0.25) is 5.91 Å². The molecule has 3 atom stereocenters. The van der Waals surface area contributed by atoms with Gasteiger partial charge in [0.05, 0.1) is 5.69 Å². The average molecular weight is 476 g/mol. The number of anilines is 1. The van der Waals surface area contributed by atoms with Crippen molar-refractivity contribution in [2.45, 2.75) is 32.0 Å². The van der Waals surface area contributed by atoms with Crippen LogP contribution in [-0.4, -0.2) is 35.9 Å². The molecule has 0 radical (unpaired) electrons. The van der Waals surface area contributed by atoms with E-state index < -0.39 is 35.8 Å². The predicted octanol–water partition coefficient (Wildman–Crippen LogP) is 3.17. The van der Waals surface area contributed by atoms with Crippen molar-refractivity contribution in [1.82, 2.24) is 10.6 Å². The Bertz CT molecular complexity index is 1290. The van der Waals surface area contributed by atoms with E-state index >= 15 is 0 Å². The number of likely N-dealkylation sites (N-methyl/N-ethyl adjacent to an activating group) is 1. The van der Waals surface area contributed by atoms with Crippen LogP contribution in [0.3, 0.4) is 0 Å². The highest BCUT2D eigenvalue weighted by atomic mass is 19.1. The number of hydrogen-bond donors (Lipinski definition) is 3. The van der Waals surface area contributed by atoms with E-state index in [1.165, 1.54) is 24.0 Å². The molecule has 1 heterocycles. The predicted molar refractivity (Wildman–Crippen MR) is 130 cm³/mol. The molecule has 180 valence electrons. The Morgan fingerprint density at radius 3 is 2.37 bits per heavy atom. The van der Waals surface area contributed by atoms with Gasteiger partial charge in [0.15, 0.2) is 6.10 Å². The summed E-state index contributed by atoms with van der Waals surface area (Å²) in [6.45, 7) is 3.09. The van der Waals surface area contributed by atoms with Crippen LogP contribution in [0.25, 0.3) is 11.1 Å². The second-order valence-electron chi connectivity index (χ2n) is 8.64. The minimum absolute atomic E-state index is 0.0832. The molecule has 3 aromatic rings. The van der Waals surface area contributed by atoms with Gasteiger partial charge >= 0.3 is 0 Å². The second kappa shape index (κ2) is 9.68. The molecule has 7 nitrogen and oxygen atoms in total. The van der Waals surface area contributed by atoms with E-state index in [9.17, 15) is 23.9 Å². The molecule has 35 heavy (non-hydrogen) atoms. The fourth-order valence-electron chi connectivity index (χ4n) is 4.27. The fraction of sp³-hybridized carbons (Fsp3) is 0.222. The van der Waals surface area contributed by atoms with Gasteiger partial charge in [-0.3, -0.25) is 14.4 Å². The Hall–Kier alpha value is -4.04. The molecular weight excluding hydrogens is 449 g/mol. The van der Waals surface area contributed by atoms with Crippen LogP contribution in [0.15, 0.2) is 66.7 Å². The van der Waals surface area contributed by atoms with Crippen molar-refractivity contribution in [3.63, 3.8) is 0 Å². The van der Waals surface area contributed by atoms with Crippen LogP contribution in [0, 0.1) is 12.7 Å². The van der Waals surface area contributed by atoms with Crippen LogP contribution < -0.4 is 15.5 Å². The fourth-order valence-corrected chi connectivity index (χ4v) is 4.27. The molecule has 0 aliphatic carbocycles. The molecule has 1 aliphatic rings. The summed E-state index contributed by atoms with van der Waals surface area (Å²) in [4.78, 5) is 40.4. The number of carbonyl (C=O) groups excluding carboxylic acids is 3. The van der Waals surface area contributed by atoms with Crippen LogP contribution in [0.4, 0.5) is 10.1 Å². The molecule has 0 aromatic heterocycles. The van der Waals surface area contributed by atoms with Gasteiger partial charge in [-0.15, -0.1) is 0 Å². The molecule has 3 aromatic carbocycles. The van der Waals surface area contributed by atoms with Crippen molar-refractivity contribution in [3.05, 3.63) is 89.2 Å². The average Bonchev–Trinajstić information content (AvgIpc) is 2.92. The number of fused-ring (bicyclic) bond motifs is 3. The van der Waals surface area contributed by atoms with Crippen molar-refractivity contribution in [1.29, 1.82) is 0 Å². The van der Waals surface area contributed by atoms with Crippen molar-refractivity contribution in [2.75, 3.05) is 11.9 Å². The van der Waals surface area contributed by atoms with Crippen molar-refractivity contribution in [3.8, 4) is 11.1 Å². The summed E-state index contributed by atoms with van der Waals surface area (Å²) in [6, 6.07) is 16.6. The molecule has 0 fully saturated rings. The number of aliphatic hydroxyl groups excluding tert-OH is 1. The Kier molecular flexibility index (Phi) is 6.66. The number of nitrogens with one attached hydrogen (secondary N) is 2.